The van der Waals surface area contributed by atoms with Gasteiger partial charge in [-0.1, -0.05) is 0 Å². The Morgan fingerprint density at radius 3 is 1.94 bits per heavy atom. The Kier molecular flexibility index (Phi) is 6.16. The van der Waals surface area contributed by atoms with Crippen LogP contribution in [0.25, 0.3) is 0 Å². The van der Waals surface area contributed by atoms with Crippen molar-refractivity contribution in [2.45, 2.75) is 20.8 Å². The van der Waals surface area contributed by atoms with E-state index in [2.05, 4.69) is 15.9 Å². The van der Waals surface area contributed by atoms with Gasteiger partial charge in [0, 0.05) is 25.0 Å². The molecule has 0 aromatic carbocycles. The molecule has 16 heavy (non-hydrogen) atoms. The number of hydrogen-bond acceptors (Lipinski definition) is 4. The minimum Gasteiger partial charge on any atom is -0.370 e. The highest BCUT2D eigenvalue weighted by molar-refractivity contribution is 9.11. The Bertz CT molecular complexity index is 302. The van der Waals surface area contributed by atoms with Crippen LogP contribution in [0.1, 0.15) is 20.8 Å². The average Bonchev–Trinajstić information content (AvgIpc) is 2.66. The van der Waals surface area contributed by atoms with Crippen molar-refractivity contribution in [3.8, 4) is 0 Å². The highest BCUT2D eigenvalue weighted by Gasteiger charge is 2.45. The van der Waals surface area contributed by atoms with Gasteiger partial charge in [-0.15, -0.1) is 11.3 Å². The van der Waals surface area contributed by atoms with E-state index < -0.39 is 8.80 Å². The lowest BCUT2D eigenvalue weighted by Gasteiger charge is -2.28. The van der Waals surface area contributed by atoms with Gasteiger partial charge in [0.25, 0.3) is 0 Å². The molecule has 92 valence electrons. The van der Waals surface area contributed by atoms with Crippen LogP contribution in [0.2, 0.25) is 0 Å². The molecule has 0 amide bonds. The van der Waals surface area contributed by atoms with Gasteiger partial charge in [0.1, 0.15) is 0 Å². The van der Waals surface area contributed by atoms with Crippen molar-refractivity contribution in [2.24, 2.45) is 0 Å². The van der Waals surface area contributed by atoms with Crippen molar-refractivity contribution >= 4 is 41.3 Å². The molecule has 0 radical (unpaired) electrons. The topological polar surface area (TPSA) is 27.7 Å². The van der Waals surface area contributed by atoms with Gasteiger partial charge >= 0.3 is 8.80 Å². The Morgan fingerprint density at radius 2 is 1.62 bits per heavy atom. The van der Waals surface area contributed by atoms with Crippen molar-refractivity contribution in [3.05, 3.63) is 15.2 Å². The van der Waals surface area contributed by atoms with E-state index in [1.807, 2.05) is 32.2 Å². The summed E-state index contributed by atoms with van der Waals surface area (Å²) in [5, 5.41) is 3.04. The zero-order valence-electron chi connectivity index (χ0n) is 9.79. The maximum Gasteiger partial charge on any atom is 0.539 e. The van der Waals surface area contributed by atoms with Gasteiger partial charge in [0.15, 0.2) is 0 Å². The second-order valence-corrected chi connectivity index (χ2v) is 7.71. The van der Waals surface area contributed by atoms with E-state index in [0.29, 0.717) is 19.8 Å². The Hall–Kier alpha value is 0.277. The van der Waals surface area contributed by atoms with E-state index in [9.17, 15) is 0 Å². The van der Waals surface area contributed by atoms with Crippen LogP contribution in [0.3, 0.4) is 0 Å². The maximum atomic E-state index is 5.81. The van der Waals surface area contributed by atoms with Crippen LogP contribution in [-0.4, -0.2) is 28.6 Å². The van der Waals surface area contributed by atoms with Crippen molar-refractivity contribution in [1.29, 1.82) is 0 Å². The molecule has 3 nitrogen and oxygen atoms in total. The molecule has 1 aromatic rings. The third-order valence-electron chi connectivity index (χ3n) is 1.95. The van der Waals surface area contributed by atoms with Gasteiger partial charge in [-0.2, -0.15) is 0 Å². The van der Waals surface area contributed by atoms with Crippen LogP contribution in [0, 0.1) is 0 Å². The summed E-state index contributed by atoms with van der Waals surface area (Å²) in [7, 11) is -2.70. The summed E-state index contributed by atoms with van der Waals surface area (Å²) in [4.78, 5) is 0. The molecule has 1 heterocycles. The van der Waals surface area contributed by atoms with E-state index in [1.54, 1.807) is 11.3 Å². The Balaban J connectivity index is 3.04. The minimum atomic E-state index is -2.70. The summed E-state index contributed by atoms with van der Waals surface area (Å²) in [5.74, 6) is 0. The van der Waals surface area contributed by atoms with Gasteiger partial charge < -0.3 is 13.3 Å². The molecule has 0 unspecified atom stereocenters. The summed E-state index contributed by atoms with van der Waals surface area (Å²) in [5.41, 5.74) is 0. The van der Waals surface area contributed by atoms with E-state index >= 15 is 0 Å². The zero-order chi connectivity index (χ0) is 12.0. The summed E-state index contributed by atoms with van der Waals surface area (Å²) >= 11 is 5.15. The molecular weight excluding hydrogens is 308 g/mol. The SMILES string of the molecule is CCO[Si](OCC)(OCC)c1ccsc1Br. The maximum absolute atomic E-state index is 5.81. The highest BCUT2D eigenvalue weighted by atomic mass is 79.9. The molecule has 0 N–H and O–H groups in total. The first-order valence-electron chi connectivity index (χ1n) is 5.35. The van der Waals surface area contributed by atoms with Crippen LogP contribution in [0.15, 0.2) is 15.2 Å². The van der Waals surface area contributed by atoms with Gasteiger partial charge in [-0.25, -0.2) is 0 Å². The number of halogens is 1. The molecule has 0 saturated carbocycles. The molecule has 1 rings (SSSR count). The number of rotatable bonds is 7. The van der Waals surface area contributed by atoms with Gasteiger partial charge in [0.05, 0.1) is 3.79 Å². The predicted octanol–water partition coefficient (Wildman–Crippen LogP) is 2.77. The van der Waals surface area contributed by atoms with E-state index in [1.165, 1.54) is 0 Å². The molecule has 0 fully saturated rings. The van der Waals surface area contributed by atoms with Crippen LogP contribution in [-0.2, 0) is 13.3 Å². The molecule has 0 aliphatic carbocycles. The lowest BCUT2D eigenvalue weighted by Crippen LogP contribution is -2.56. The molecule has 0 aliphatic rings. The van der Waals surface area contributed by atoms with Crippen LogP contribution in [0.4, 0.5) is 0 Å². The van der Waals surface area contributed by atoms with E-state index in [4.69, 9.17) is 13.3 Å². The molecule has 0 saturated heterocycles. The molecular formula is C10H17BrO3SSi. The zero-order valence-corrected chi connectivity index (χ0v) is 13.2. The predicted molar refractivity (Wildman–Crippen MR) is 72.3 cm³/mol. The fourth-order valence-electron chi connectivity index (χ4n) is 1.44. The second kappa shape index (κ2) is 6.88. The van der Waals surface area contributed by atoms with Crippen LogP contribution in [0.5, 0.6) is 0 Å². The molecule has 0 atom stereocenters. The van der Waals surface area contributed by atoms with Gasteiger partial charge in [-0.3, -0.25) is 0 Å². The third-order valence-corrected chi connectivity index (χ3v) is 7.27. The smallest absolute Gasteiger partial charge is 0.370 e. The van der Waals surface area contributed by atoms with Gasteiger partial charge in [-0.05, 0) is 48.1 Å². The van der Waals surface area contributed by atoms with Gasteiger partial charge in [0.2, 0.25) is 0 Å². The first kappa shape index (κ1) is 14.3. The van der Waals surface area contributed by atoms with Crippen molar-refractivity contribution in [3.63, 3.8) is 0 Å². The summed E-state index contributed by atoms with van der Waals surface area (Å²) in [6.45, 7) is 7.65. The molecule has 1 aromatic heterocycles. The lowest BCUT2D eigenvalue weighted by molar-refractivity contribution is 0.0859. The monoisotopic (exact) mass is 324 g/mol. The molecule has 0 aliphatic heterocycles. The minimum absolute atomic E-state index is 0.592. The first-order valence-corrected chi connectivity index (χ1v) is 8.75. The largest absolute Gasteiger partial charge is 0.539 e. The number of hydrogen-bond donors (Lipinski definition) is 0. The fraction of sp³-hybridized carbons (Fsp3) is 0.600. The second-order valence-electron chi connectivity index (χ2n) is 2.96. The van der Waals surface area contributed by atoms with Crippen molar-refractivity contribution in [2.75, 3.05) is 19.8 Å². The van der Waals surface area contributed by atoms with Crippen molar-refractivity contribution < 1.29 is 13.3 Å². The molecule has 6 heteroatoms. The normalized spacial score (nSPS) is 12.0. The van der Waals surface area contributed by atoms with Crippen LogP contribution >= 0.6 is 27.3 Å². The highest BCUT2D eigenvalue weighted by Crippen LogP contribution is 2.21. The standard InChI is InChI=1S/C10H17BrO3SSi/c1-4-12-16(13-5-2,14-6-3)9-7-8-15-10(9)11/h7-8H,4-6H2,1-3H3. The number of thiophene rings is 1. The Labute approximate surface area is 110 Å². The quantitative estimate of drug-likeness (QED) is 0.722. The first-order chi connectivity index (χ1) is 7.70. The van der Waals surface area contributed by atoms with E-state index in [0.717, 1.165) is 8.97 Å². The molecule has 0 bridgehead atoms. The molecule has 0 spiro atoms. The van der Waals surface area contributed by atoms with E-state index in [-0.39, 0.29) is 0 Å². The summed E-state index contributed by atoms with van der Waals surface area (Å²) in [6.07, 6.45) is 0. The fourth-order valence-corrected chi connectivity index (χ4v) is 6.20. The summed E-state index contributed by atoms with van der Waals surface area (Å²) in [6, 6.07) is 2.02. The third kappa shape index (κ3) is 3.15. The Morgan fingerprint density at radius 1 is 1.12 bits per heavy atom. The average molecular weight is 325 g/mol. The van der Waals surface area contributed by atoms with Crippen molar-refractivity contribution in [1.82, 2.24) is 0 Å². The lowest BCUT2D eigenvalue weighted by atomic mass is 10.7. The van der Waals surface area contributed by atoms with Crippen LogP contribution < -0.4 is 5.19 Å². The summed E-state index contributed by atoms with van der Waals surface area (Å²) < 4.78 is 18.5.